The summed E-state index contributed by atoms with van der Waals surface area (Å²) < 4.78 is 5.25. The van der Waals surface area contributed by atoms with Crippen LogP contribution in [0.1, 0.15) is 136 Å². The maximum absolute atomic E-state index is 13.4. The summed E-state index contributed by atoms with van der Waals surface area (Å²) in [5.74, 6) is -3.10. The molecule has 43 heavy (non-hydrogen) atoms. The van der Waals surface area contributed by atoms with Gasteiger partial charge in [0.25, 0.3) is 0 Å². The van der Waals surface area contributed by atoms with Gasteiger partial charge in [-0.25, -0.2) is 9.59 Å². The number of aromatic nitrogens is 4. The summed E-state index contributed by atoms with van der Waals surface area (Å²) in [6, 6.07) is 5.73. The van der Waals surface area contributed by atoms with Crippen LogP contribution in [0.5, 0.6) is 0 Å². The number of H-pyrrole nitrogens is 2. The van der Waals surface area contributed by atoms with Crippen molar-refractivity contribution in [1.82, 2.24) is 19.9 Å². The van der Waals surface area contributed by atoms with E-state index in [9.17, 15) is 24.3 Å². The number of rotatable bonds is 5. The minimum atomic E-state index is -0.957. The normalized spacial score (nSPS) is 21.2. The summed E-state index contributed by atoms with van der Waals surface area (Å²) in [5.41, 5.74) is 7.40. The van der Waals surface area contributed by atoms with E-state index >= 15 is 0 Å². The second-order valence-corrected chi connectivity index (χ2v) is 11.9. The van der Waals surface area contributed by atoms with Crippen molar-refractivity contribution >= 4 is 45.8 Å². The molecule has 2 unspecified atom stereocenters. The molecule has 8 bridgehead atoms. The molecule has 6 heterocycles. The Morgan fingerprint density at radius 3 is 2.14 bits per heavy atom. The molecular weight excluding hydrogens is 548 g/mol. The zero-order valence-corrected chi connectivity index (χ0v) is 25.0. The second kappa shape index (κ2) is 10.3. The van der Waals surface area contributed by atoms with Gasteiger partial charge in [-0.1, -0.05) is 20.8 Å². The highest BCUT2D eigenvalue weighted by atomic mass is 16.6. The van der Waals surface area contributed by atoms with Crippen LogP contribution in [-0.4, -0.2) is 48.7 Å². The molecule has 10 nitrogen and oxygen atoms in total. The van der Waals surface area contributed by atoms with Crippen LogP contribution in [0.2, 0.25) is 0 Å². The van der Waals surface area contributed by atoms with Gasteiger partial charge in [0.15, 0.2) is 5.78 Å². The molecule has 3 N–H and O–H groups in total. The maximum Gasteiger partial charge on any atom is 0.350 e. The fourth-order valence-corrected chi connectivity index (χ4v) is 7.01. The number of nitrogens with zero attached hydrogens (tertiary/aromatic N) is 2. The molecule has 0 spiro atoms. The number of carboxylic acids is 1. The van der Waals surface area contributed by atoms with Gasteiger partial charge in [-0.15, -0.1) is 0 Å². The Balaban J connectivity index is 1.81. The van der Waals surface area contributed by atoms with Gasteiger partial charge < -0.3 is 19.8 Å². The summed E-state index contributed by atoms with van der Waals surface area (Å²) in [6.45, 7) is 11.4. The summed E-state index contributed by atoms with van der Waals surface area (Å²) >= 11 is 0. The van der Waals surface area contributed by atoms with Crippen molar-refractivity contribution in [2.75, 3.05) is 0 Å². The summed E-state index contributed by atoms with van der Waals surface area (Å²) in [4.78, 5) is 67.6. The smallest absolute Gasteiger partial charge is 0.350 e. The monoisotopic (exact) mass is 582 g/mol. The lowest BCUT2D eigenvalue weighted by molar-refractivity contribution is -0.137. The first-order valence-corrected chi connectivity index (χ1v) is 14.7. The molecule has 4 atom stereocenters. The van der Waals surface area contributed by atoms with Crippen LogP contribution in [0.3, 0.4) is 0 Å². The number of esters is 2. The van der Waals surface area contributed by atoms with E-state index in [1.54, 1.807) is 13.8 Å². The highest BCUT2D eigenvalue weighted by molar-refractivity contribution is 6.18. The van der Waals surface area contributed by atoms with Crippen LogP contribution in [0.25, 0.3) is 22.1 Å². The molecular formula is C33H34N4O6. The third kappa shape index (κ3) is 4.47. The van der Waals surface area contributed by atoms with Crippen molar-refractivity contribution in [3.05, 3.63) is 68.8 Å². The van der Waals surface area contributed by atoms with Gasteiger partial charge in [0.1, 0.15) is 5.56 Å². The number of aryl methyl sites for hydroxylation is 2. The standard InChI is InChI=1S/C33H34N4O6/c1-7-18-13(2)20-12-25-27(17(6)38)15(4)22(35-25)10-21-14(3)19(8-9-26(39)40)30(36-21)29-31-28(32(41)43-33(29)42)16(5)23(37-31)11-24(18)34-20/h10-14,18-19,35,37H,7-9H2,1-6H3,(H,39,40)/t13?,14?,18-,19+/m1/s1. The molecule has 0 fully saturated rings. The molecule has 0 aliphatic carbocycles. The zero-order chi connectivity index (χ0) is 30.9. The number of nitrogens with one attached hydrogen (secondary N) is 2. The molecule has 0 aromatic carbocycles. The number of ether oxygens (including phenoxy) is 1. The predicted octanol–water partition coefficient (Wildman–Crippen LogP) is 6.49. The van der Waals surface area contributed by atoms with Crippen LogP contribution in [-0.2, 0) is 9.53 Å². The molecule has 3 aliphatic heterocycles. The summed E-state index contributed by atoms with van der Waals surface area (Å²) in [7, 11) is 0. The van der Waals surface area contributed by atoms with Crippen LogP contribution in [0, 0.1) is 13.8 Å². The fourth-order valence-electron chi connectivity index (χ4n) is 7.01. The van der Waals surface area contributed by atoms with Crippen LogP contribution in [0.4, 0.5) is 0 Å². The number of fused-ring (bicyclic) bond motifs is 8. The minimum absolute atomic E-state index is 0.0762. The molecule has 3 aromatic rings. The molecule has 0 saturated carbocycles. The number of cyclic esters (lactones) is 2. The van der Waals surface area contributed by atoms with Crippen molar-refractivity contribution in [3.63, 3.8) is 0 Å². The first-order chi connectivity index (χ1) is 20.4. The lowest BCUT2D eigenvalue weighted by Gasteiger charge is -2.18. The number of Topliss-reactive ketones (excluding diaryl/α,β-unsaturated/α-hetero) is 1. The third-order valence-electron chi connectivity index (χ3n) is 9.42. The quantitative estimate of drug-likeness (QED) is 0.175. The Bertz CT molecular complexity index is 1920. The molecule has 3 aromatic heterocycles. The number of hydrogen-bond donors (Lipinski definition) is 3. The van der Waals surface area contributed by atoms with Crippen molar-refractivity contribution in [3.8, 4) is 0 Å². The molecule has 0 radical (unpaired) electrons. The summed E-state index contributed by atoms with van der Waals surface area (Å²) in [6.07, 6.45) is 0.937. The van der Waals surface area contributed by atoms with E-state index in [1.165, 1.54) is 0 Å². The Labute approximate surface area is 247 Å². The topological polar surface area (TPSA) is 155 Å². The van der Waals surface area contributed by atoms with Crippen molar-refractivity contribution in [2.45, 2.75) is 84.5 Å². The van der Waals surface area contributed by atoms with E-state index in [4.69, 9.17) is 14.7 Å². The van der Waals surface area contributed by atoms with Gasteiger partial charge in [0, 0.05) is 63.8 Å². The Kier molecular flexibility index (Phi) is 6.82. The first kappa shape index (κ1) is 28.5. The van der Waals surface area contributed by atoms with Crippen molar-refractivity contribution < 1.29 is 29.0 Å². The summed E-state index contributed by atoms with van der Waals surface area (Å²) in [5, 5.41) is 9.51. The molecule has 3 aliphatic rings. The lowest BCUT2D eigenvalue weighted by Crippen LogP contribution is -2.21. The van der Waals surface area contributed by atoms with Crippen LogP contribution < -0.4 is 0 Å². The van der Waals surface area contributed by atoms with Gasteiger partial charge in [-0.05, 0) is 62.9 Å². The SMILES string of the molecule is CC[C@H]1c2cc3[nH]c4c(c5nc(cc6[nH]c(cc(n2)C1C)c(C(C)=O)c6C)C(C)[C@@H]5CCC(=O)O)C(=O)OC(=O)c4c3C. The van der Waals surface area contributed by atoms with E-state index < -0.39 is 23.8 Å². The molecule has 10 heteroatoms. The molecule has 222 valence electrons. The van der Waals surface area contributed by atoms with E-state index in [0.717, 1.165) is 23.4 Å². The van der Waals surface area contributed by atoms with Gasteiger partial charge in [-0.2, -0.15) is 0 Å². The number of ketones is 1. The van der Waals surface area contributed by atoms with E-state index in [0.29, 0.717) is 44.6 Å². The van der Waals surface area contributed by atoms with Crippen LogP contribution in [0.15, 0.2) is 18.2 Å². The average molecular weight is 583 g/mol. The zero-order valence-electron chi connectivity index (χ0n) is 25.0. The average Bonchev–Trinajstić information content (AvgIpc) is 3.61. The van der Waals surface area contributed by atoms with Gasteiger partial charge in [0.2, 0.25) is 0 Å². The minimum Gasteiger partial charge on any atom is -0.481 e. The number of carbonyl (C=O) groups is 4. The lowest BCUT2D eigenvalue weighted by atomic mass is 9.85. The number of aliphatic carboxylic acids is 1. The Morgan fingerprint density at radius 2 is 1.47 bits per heavy atom. The molecule has 0 saturated heterocycles. The molecule has 6 rings (SSSR count). The molecule has 0 amide bonds. The van der Waals surface area contributed by atoms with Gasteiger partial charge in [-0.3, -0.25) is 19.6 Å². The van der Waals surface area contributed by atoms with Crippen molar-refractivity contribution in [1.29, 1.82) is 0 Å². The number of aromatic amines is 2. The fraction of sp³-hybridized carbons (Fsp3) is 0.394. The van der Waals surface area contributed by atoms with Gasteiger partial charge in [0.05, 0.1) is 22.3 Å². The van der Waals surface area contributed by atoms with E-state index in [1.807, 2.05) is 32.0 Å². The van der Waals surface area contributed by atoms with Crippen molar-refractivity contribution in [2.24, 2.45) is 0 Å². The largest absolute Gasteiger partial charge is 0.481 e. The van der Waals surface area contributed by atoms with E-state index in [2.05, 4.69) is 23.8 Å². The first-order valence-electron chi connectivity index (χ1n) is 14.7. The highest BCUT2D eigenvalue weighted by Crippen LogP contribution is 2.44. The van der Waals surface area contributed by atoms with Crippen LogP contribution >= 0.6 is 0 Å². The predicted molar refractivity (Wildman–Crippen MR) is 160 cm³/mol. The van der Waals surface area contributed by atoms with E-state index in [-0.39, 0.29) is 47.5 Å². The highest BCUT2D eigenvalue weighted by Gasteiger charge is 2.39. The second-order valence-electron chi connectivity index (χ2n) is 11.9. The Hall–Kier alpha value is -4.60. The number of carbonyl (C=O) groups excluding carboxylic acids is 3. The maximum atomic E-state index is 13.4. The third-order valence-corrected chi connectivity index (χ3v) is 9.42. The Morgan fingerprint density at radius 1 is 0.860 bits per heavy atom. The number of hydrogen-bond acceptors (Lipinski definition) is 7. The number of carboxylic acid groups (broad SMARTS) is 1. The van der Waals surface area contributed by atoms with Gasteiger partial charge >= 0.3 is 17.9 Å².